The maximum absolute atomic E-state index is 14.4. The molecule has 0 bridgehead atoms. The number of aryl methyl sites for hydroxylation is 1. The van der Waals surface area contributed by atoms with Crippen LogP contribution in [0.4, 0.5) is 24.5 Å². The van der Waals surface area contributed by atoms with Gasteiger partial charge in [-0.15, -0.1) is 5.10 Å². The smallest absolute Gasteiger partial charge is 0.416 e. The van der Waals surface area contributed by atoms with Crippen molar-refractivity contribution >= 4 is 52.0 Å². The minimum Gasteiger partial charge on any atom is -0.504 e. The van der Waals surface area contributed by atoms with Gasteiger partial charge in [-0.3, -0.25) is 19.2 Å². The van der Waals surface area contributed by atoms with Crippen LogP contribution in [0.2, 0.25) is 5.02 Å². The van der Waals surface area contributed by atoms with Crippen molar-refractivity contribution in [1.29, 1.82) is 0 Å². The van der Waals surface area contributed by atoms with Gasteiger partial charge in [-0.2, -0.15) is 22.7 Å². The van der Waals surface area contributed by atoms with Gasteiger partial charge in [0.05, 0.1) is 33.1 Å². The molecule has 2 saturated heterocycles. The quantitative estimate of drug-likeness (QED) is 0.280. The predicted octanol–water partition coefficient (Wildman–Crippen LogP) is 3.95. The average Bonchev–Trinajstić information content (AvgIpc) is 3.72. The molecule has 1 atom stereocenters. The summed E-state index contributed by atoms with van der Waals surface area (Å²) in [6, 6.07) is 2.62. The van der Waals surface area contributed by atoms with Crippen LogP contribution in [0.3, 0.4) is 0 Å². The molecule has 3 amide bonds. The van der Waals surface area contributed by atoms with Crippen LogP contribution in [0.15, 0.2) is 35.4 Å². The summed E-state index contributed by atoms with van der Waals surface area (Å²) in [6.07, 6.45) is 1.13. The van der Waals surface area contributed by atoms with Crippen LogP contribution in [0.1, 0.15) is 65.9 Å². The van der Waals surface area contributed by atoms with Gasteiger partial charge in [0, 0.05) is 39.8 Å². The Morgan fingerprint density at radius 2 is 1.82 bits per heavy atom. The number of aromatic hydroxyl groups is 1. The van der Waals surface area contributed by atoms with E-state index in [1.54, 1.807) is 23.4 Å². The number of anilines is 2. The van der Waals surface area contributed by atoms with Gasteiger partial charge in [-0.25, -0.2) is 9.97 Å². The van der Waals surface area contributed by atoms with Crippen LogP contribution in [0.25, 0.3) is 11.4 Å². The minimum absolute atomic E-state index is 0.0312. The third-order valence-corrected chi connectivity index (χ3v) is 11.1. The molecule has 19 heteroatoms. The number of amides is 3. The largest absolute Gasteiger partial charge is 0.504 e. The number of carbonyl (C=O) groups is 3. The first-order valence-electron chi connectivity index (χ1n) is 17.8. The third kappa shape index (κ3) is 6.87. The summed E-state index contributed by atoms with van der Waals surface area (Å²) in [4.78, 5) is 72.0. The molecule has 15 nitrogen and oxygen atoms in total. The first-order valence-corrected chi connectivity index (χ1v) is 18.2. The molecular formula is C36H38ClF3N10O5. The lowest BCUT2D eigenvalue weighted by molar-refractivity contribution is -0.137. The molecule has 4 aromatic rings. The summed E-state index contributed by atoms with van der Waals surface area (Å²) in [5, 5.41) is 17.3. The molecule has 290 valence electrons. The number of aromatic nitrogens is 6. The standard InChI is InChI=1S/C36H38ClF3N10O5/c1-4-25-28(47-13-15-48(16-14-47)31(53)27-29(52)20(2)41-19-42-27)32(54)50-34(44-30(45-50)21-7-9-35(10-8-21)11-12-46(3)33(35)55)49(25)18-26(51)43-24-6-5-22(17-23(24)37)36(38,39)40/h5-7,17,19,52H,4,8-16,18H2,1-3H3,(H,43,51). The Morgan fingerprint density at radius 3 is 2.44 bits per heavy atom. The van der Waals surface area contributed by atoms with Crippen LogP contribution in [-0.4, -0.2) is 102 Å². The zero-order valence-electron chi connectivity index (χ0n) is 30.3. The molecular weight excluding hydrogens is 745 g/mol. The molecule has 1 unspecified atom stereocenters. The number of fused-ring (bicyclic) bond motifs is 1. The molecule has 7 rings (SSSR count). The van der Waals surface area contributed by atoms with E-state index < -0.39 is 41.1 Å². The number of rotatable bonds is 7. The summed E-state index contributed by atoms with van der Waals surface area (Å²) in [5.74, 6) is -0.974. The van der Waals surface area contributed by atoms with Crippen molar-refractivity contribution in [1.82, 2.24) is 38.9 Å². The van der Waals surface area contributed by atoms with Gasteiger partial charge in [-0.1, -0.05) is 24.6 Å². The van der Waals surface area contributed by atoms with Crippen molar-refractivity contribution in [3.8, 4) is 5.75 Å². The Balaban J connectivity index is 1.24. The van der Waals surface area contributed by atoms with E-state index in [9.17, 15) is 37.5 Å². The van der Waals surface area contributed by atoms with E-state index >= 15 is 0 Å². The summed E-state index contributed by atoms with van der Waals surface area (Å²) >= 11 is 6.15. The number of alkyl halides is 3. The first kappa shape index (κ1) is 37.8. The number of piperazine rings is 1. The van der Waals surface area contributed by atoms with Gasteiger partial charge in [0.25, 0.3) is 11.5 Å². The Kier molecular flexibility index (Phi) is 9.81. The van der Waals surface area contributed by atoms with E-state index in [1.807, 2.05) is 17.9 Å². The van der Waals surface area contributed by atoms with Crippen molar-refractivity contribution < 1.29 is 32.7 Å². The number of halogens is 4. The Hall–Kier alpha value is -5.52. The first-order chi connectivity index (χ1) is 26.1. The molecule has 0 saturated carbocycles. The van der Waals surface area contributed by atoms with Crippen molar-refractivity contribution in [2.24, 2.45) is 5.41 Å². The Labute approximate surface area is 317 Å². The molecule has 2 N–H and O–H groups in total. The van der Waals surface area contributed by atoms with E-state index in [0.29, 0.717) is 31.5 Å². The van der Waals surface area contributed by atoms with Crippen LogP contribution in [-0.2, 0) is 28.7 Å². The maximum atomic E-state index is 14.4. The molecule has 1 spiro atoms. The monoisotopic (exact) mass is 782 g/mol. The number of benzene rings is 1. The highest BCUT2D eigenvalue weighted by Crippen LogP contribution is 2.45. The predicted molar refractivity (Wildman–Crippen MR) is 195 cm³/mol. The van der Waals surface area contributed by atoms with Crippen LogP contribution in [0.5, 0.6) is 5.75 Å². The second-order valence-electron chi connectivity index (χ2n) is 14.1. The van der Waals surface area contributed by atoms with E-state index in [0.717, 1.165) is 34.7 Å². The lowest BCUT2D eigenvalue weighted by Gasteiger charge is -2.36. The van der Waals surface area contributed by atoms with E-state index in [4.69, 9.17) is 16.6 Å². The van der Waals surface area contributed by atoms with Crippen molar-refractivity contribution in [3.05, 3.63) is 74.4 Å². The van der Waals surface area contributed by atoms with Gasteiger partial charge in [-0.05, 0) is 62.8 Å². The number of likely N-dealkylation sites (tertiary alicyclic amines) is 1. The van der Waals surface area contributed by atoms with E-state index in [1.165, 1.54) is 11.2 Å². The van der Waals surface area contributed by atoms with Gasteiger partial charge >= 0.3 is 6.18 Å². The average molecular weight is 783 g/mol. The molecule has 1 aliphatic carbocycles. The van der Waals surface area contributed by atoms with Crippen LogP contribution in [0, 0.1) is 12.3 Å². The number of hydrogen-bond acceptors (Lipinski definition) is 10. The molecule has 55 heavy (non-hydrogen) atoms. The zero-order valence-corrected chi connectivity index (χ0v) is 31.0. The fourth-order valence-electron chi connectivity index (χ4n) is 7.61. The van der Waals surface area contributed by atoms with Gasteiger partial charge < -0.3 is 29.7 Å². The van der Waals surface area contributed by atoms with Crippen LogP contribution < -0.4 is 15.8 Å². The molecule has 2 fully saturated rings. The molecule has 2 aliphatic heterocycles. The molecule has 5 heterocycles. The summed E-state index contributed by atoms with van der Waals surface area (Å²) in [5.41, 5.74) is -0.368. The fourth-order valence-corrected chi connectivity index (χ4v) is 7.84. The minimum atomic E-state index is -4.63. The SMILES string of the molecule is CCc1c(N2CCN(C(=O)c3ncnc(C)c3O)CC2)c(=O)n2nc(C3=CCC4(CC3)CCN(C)C4=O)nc2n1CC(=O)Nc1ccc(C(F)(F)F)cc1Cl. The number of nitrogens with zero attached hydrogens (tertiary/aromatic N) is 9. The topological polar surface area (TPSA) is 171 Å². The maximum Gasteiger partial charge on any atom is 0.416 e. The number of allylic oxidation sites excluding steroid dienone is 2. The molecule has 0 radical (unpaired) electrons. The van der Waals surface area contributed by atoms with Gasteiger partial charge in [0.2, 0.25) is 17.6 Å². The fraction of sp³-hybridized carbons (Fsp3) is 0.444. The zero-order chi connectivity index (χ0) is 39.4. The highest BCUT2D eigenvalue weighted by atomic mass is 35.5. The Morgan fingerprint density at radius 1 is 1.07 bits per heavy atom. The highest BCUT2D eigenvalue weighted by Gasteiger charge is 2.46. The summed E-state index contributed by atoms with van der Waals surface area (Å²) in [7, 11) is 1.79. The van der Waals surface area contributed by atoms with Gasteiger partial charge in [0.1, 0.15) is 18.6 Å². The second-order valence-corrected chi connectivity index (χ2v) is 14.5. The molecule has 1 aromatic carbocycles. The second kappa shape index (κ2) is 14.3. The highest BCUT2D eigenvalue weighted by molar-refractivity contribution is 6.33. The third-order valence-electron chi connectivity index (χ3n) is 10.7. The van der Waals surface area contributed by atoms with E-state index in [2.05, 4.69) is 20.4 Å². The molecule has 3 aliphatic rings. The summed E-state index contributed by atoms with van der Waals surface area (Å²) in [6.45, 7) is 4.45. The normalized spacial score (nSPS) is 19.1. The van der Waals surface area contributed by atoms with Crippen LogP contribution >= 0.6 is 11.6 Å². The molecule has 3 aromatic heterocycles. The lowest BCUT2D eigenvalue weighted by atomic mass is 9.73. The number of carbonyl (C=O) groups excluding carboxylic acids is 3. The number of nitrogens with one attached hydrogen (secondary N) is 1. The van der Waals surface area contributed by atoms with Crippen molar-refractivity contribution in [2.45, 2.75) is 58.7 Å². The Bertz CT molecular complexity index is 2320. The number of hydrogen-bond donors (Lipinski definition) is 2. The van der Waals surface area contributed by atoms with E-state index in [-0.39, 0.29) is 83.6 Å². The van der Waals surface area contributed by atoms with Gasteiger partial charge in [0.15, 0.2) is 17.3 Å². The van der Waals surface area contributed by atoms with Crippen molar-refractivity contribution in [2.75, 3.05) is 50.0 Å². The lowest BCUT2D eigenvalue weighted by Crippen LogP contribution is -2.51. The summed E-state index contributed by atoms with van der Waals surface area (Å²) < 4.78 is 42.5. The van der Waals surface area contributed by atoms with Crippen molar-refractivity contribution in [3.63, 3.8) is 0 Å².